The topological polar surface area (TPSA) is 111 Å². The standard InChI is InChI=1S/C80H124NO8P/c1-6-8-10-12-14-16-18-20-22-24-26-28-30-32-34-36-38-39-40-41-43-45-47-49-51-53-55-57-59-61-63-65-67-69-71-73-80(83)89-78(77-88-90(84,85)87-75-74-81(3,4)5)76-86-79(82)72-70-68-66-64-62-60-58-56-54-52-50-48-46-44-42-37-35-33-31-29-27-25-23-21-19-17-15-13-11-9-7-2/h8-11,14-17,20-23,26-29,32-35,38-39,41-44,47-50,53-56,60,62,78H,6-7,12-13,18-19,24-25,30-31,36-37,40,45-46,51-52,57-59,61,63-77H2,1-5H3/b10-8-,11-9-,16-14-,17-15-,22-20-,23-21-,28-26-,29-27-,34-32-,35-33-,39-38-,43-41-,44-42-,49-47-,50-48-,55-53-,56-54-,62-60-. The number of hydrogen-bond donors (Lipinski definition) is 0. The molecule has 502 valence electrons. The zero-order chi connectivity index (χ0) is 65.5. The molecule has 0 rings (SSSR count). The van der Waals surface area contributed by atoms with Crippen LogP contribution >= 0.6 is 7.82 Å². The summed E-state index contributed by atoms with van der Waals surface area (Å²) in [5.74, 6) is -0.904. The van der Waals surface area contributed by atoms with Crippen LogP contribution in [0.25, 0.3) is 0 Å². The molecule has 2 atom stereocenters. The van der Waals surface area contributed by atoms with Crippen LogP contribution in [0.4, 0.5) is 0 Å². The first-order valence-electron chi connectivity index (χ1n) is 34.4. The van der Waals surface area contributed by atoms with Crippen LogP contribution < -0.4 is 4.89 Å². The molecule has 9 nitrogen and oxygen atoms in total. The second-order valence-corrected chi connectivity index (χ2v) is 24.5. The Morgan fingerprint density at radius 3 is 0.900 bits per heavy atom. The molecule has 0 fully saturated rings. The summed E-state index contributed by atoms with van der Waals surface area (Å²) in [6.07, 6.45) is 109. The maximum absolute atomic E-state index is 12.9. The van der Waals surface area contributed by atoms with E-state index in [0.717, 1.165) is 167 Å². The van der Waals surface area contributed by atoms with E-state index < -0.39 is 32.5 Å². The molecule has 0 aromatic rings. The summed E-state index contributed by atoms with van der Waals surface area (Å²) in [6, 6.07) is 0. The number of quaternary nitrogens is 1. The van der Waals surface area contributed by atoms with Gasteiger partial charge in [-0.3, -0.25) is 14.2 Å². The van der Waals surface area contributed by atoms with E-state index in [1.807, 2.05) is 21.1 Å². The highest BCUT2D eigenvalue weighted by atomic mass is 31.2. The molecule has 0 aromatic heterocycles. The molecule has 0 aromatic carbocycles. The summed E-state index contributed by atoms with van der Waals surface area (Å²) in [5, 5.41) is 0. The van der Waals surface area contributed by atoms with Gasteiger partial charge in [-0.2, -0.15) is 0 Å². The predicted octanol–water partition coefficient (Wildman–Crippen LogP) is 22.2. The average molecular weight is 1260 g/mol. The van der Waals surface area contributed by atoms with Crippen LogP contribution in [0.2, 0.25) is 0 Å². The molecule has 0 bridgehead atoms. The van der Waals surface area contributed by atoms with Gasteiger partial charge in [-0.1, -0.05) is 271 Å². The van der Waals surface area contributed by atoms with Gasteiger partial charge in [0, 0.05) is 12.8 Å². The van der Waals surface area contributed by atoms with Crippen molar-refractivity contribution >= 4 is 19.8 Å². The molecule has 0 aliphatic heterocycles. The predicted molar refractivity (Wildman–Crippen MR) is 387 cm³/mol. The molecule has 0 aliphatic rings. The number of carbonyl (C=O) groups is 2. The number of allylic oxidation sites excluding steroid dienone is 36. The largest absolute Gasteiger partial charge is 0.756 e. The molecule has 90 heavy (non-hydrogen) atoms. The monoisotopic (exact) mass is 1260 g/mol. The molecule has 0 saturated heterocycles. The van der Waals surface area contributed by atoms with Crippen LogP contribution in [0.5, 0.6) is 0 Å². The zero-order valence-corrected chi connectivity index (χ0v) is 57.9. The summed E-state index contributed by atoms with van der Waals surface area (Å²) in [5.41, 5.74) is 0. The zero-order valence-electron chi connectivity index (χ0n) is 57.0. The van der Waals surface area contributed by atoms with Crippen molar-refractivity contribution in [3.8, 4) is 0 Å². The van der Waals surface area contributed by atoms with Crippen LogP contribution in [0.15, 0.2) is 219 Å². The van der Waals surface area contributed by atoms with Crippen molar-refractivity contribution in [1.82, 2.24) is 0 Å². The lowest BCUT2D eigenvalue weighted by molar-refractivity contribution is -0.870. The highest BCUT2D eigenvalue weighted by molar-refractivity contribution is 7.45. The van der Waals surface area contributed by atoms with E-state index in [4.69, 9.17) is 18.5 Å². The quantitative estimate of drug-likeness (QED) is 0.0195. The number of ether oxygens (including phenoxy) is 2. The molecule has 0 radical (unpaired) electrons. The summed E-state index contributed by atoms with van der Waals surface area (Å²) in [4.78, 5) is 38.1. The van der Waals surface area contributed by atoms with Crippen molar-refractivity contribution in [2.75, 3.05) is 47.5 Å². The van der Waals surface area contributed by atoms with Gasteiger partial charge in [0.25, 0.3) is 7.82 Å². The molecule has 0 spiro atoms. The van der Waals surface area contributed by atoms with Crippen molar-refractivity contribution in [2.45, 2.75) is 225 Å². The number of rotatable bonds is 60. The van der Waals surface area contributed by atoms with E-state index in [1.54, 1.807) is 0 Å². The fourth-order valence-corrected chi connectivity index (χ4v) is 9.01. The average Bonchev–Trinajstić information content (AvgIpc) is 3.61. The van der Waals surface area contributed by atoms with Crippen LogP contribution in [0, 0.1) is 0 Å². The molecular weight excluding hydrogens is 1130 g/mol. The first-order chi connectivity index (χ1) is 44.0. The van der Waals surface area contributed by atoms with Gasteiger partial charge in [0.15, 0.2) is 6.10 Å². The lowest BCUT2D eigenvalue weighted by Gasteiger charge is -2.28. The maximum atomic E-state index is 12.9. The van der Waals surface area contributed by atoms with Gasteiger partial charge in [0.1, 0.15) is 19.8 Å². The fraction of sp³-hybridized carbons (Fsp3) is 0.525. The Kier molecular flexibility index (Phi) is 63.4. The number of phosphoric ester groups is 1. The van der Waals surface area contributed by atoms with Gasteiger partial charge in [0.05, 0.1) is 27.7 Å². The number of hydrogen-bond acceptors (Lipinski definition) is 8. The molecule has 0 amide bonds. The van der Waals surface area contributed by atoms with Gasteiger partial charge in [-0.05, 0) is 154 Å². The maximum Gasteiger partial charge on any atom is 0.306 e. The first kappa shape index (κ1) is 84.3. The highest BCUT2D eigenvalue weighted by Gasteiger charge is 2.22. The van der Waals surface area contributed by atoms with Crippen LogP contribution in [-0.2, 0) is 32.7 Å². The van der Waals surface area contributed by atoms with Crippen LogP contribution in [0.1, 0.15) is 219 Å². The molecule has 0 heterocycles. The van der Waals surface area contributed by atoms with Gasteiger partial charge in [-0.15, -0.1) is 0 Å². The molecule has 0 saturated carbocycles. The third-order valence-corrected chi connectivity index (χ3v) is 14.5. The van der Waals surface area contributed by atoms with Crippen molar-refractivity contribution in [2.24, 2.45) is 0 Å². The minimum atomic E-state index is -4.67. The van der Waals surface area contributed by atoms with Crippen molar-refractivity contribution in [3.05, 3.63) is 219 Å². The molecule has 0 aliphatic carbocycles. The Labute approximate surface area is 550 Å². The SMILES string of the molecule is CC/C=C\C/C=C\C/C=C\C/C=C\C/C=C\C/C=C\C/C=C\C/C=C\C/C=C\CCCCCCCCCC(=O)OC(COC(=O)CCCCC/C=C\C/C=C\C/C=C\C/C=C\C/C=C\C/C=C\C/C=C\C/C=C\C/C=C\CC)COP(=O)([O-])OCC[N+](C)(C)C. The van der Waals surface area contributed by atoms with Crippen molar-refractivity contribution < 1.29 is 42.1 Å². The summed E-state index contributed by atoms with van der Waals surface area (Å²) >= 11 is 0. The second kappa shape index (κ2) is 67.7. The summed E-state index contributed by atoms with van der Waals surface area (Å²) < 4.78 is 34.2. The minimum Gasteiger partial charge on any atom is -0.756 e. The van der Waals surface area contributed by atoms with E-state index >= 15 is 0 Å². The Balaban J connectivity index is 4.26. The molecule has 2 unspecified atom stereocenters. The number of likely N-dealkylation sites (N-methyl/N-ethyl adjacent to an activating group) is 1. The summed E-state index contributed by atoms with van der Waals surface area (Å²) in [7, 11) is 1.10. The normalized spacial score (nSPS) is 14.5. The summed E-state index contributed by atoms with van der Waals surface area (Å²) in [6.45, 7) is 3.92. The van der Waals surface area contributed by atoms with E-state index in [9.17, 15) is 19.0 Å². The van der Waals surface area contributed by atoms with E-state index in [-0.39, 0.29) is 26.1 Å². The Hall–Kier alpha value is -5.67. The smallest absolute Gasteiger partial charge is 0.306 e. The van der Waals surface area contributed by atoms with Crippen LogP contribution in [-0.4, -0.2) is 70.0 Å². The second-order valence-electron chi connectivity index (χ2n) is 23.1. The minimum absolute atomic E-state index is 0.0522. The Bertz CT molecular complexity index is 2320. The van der Waals surface area contributed by atoms with Gasteiger partial charge >= 0.3 is 11.9 Å². The number of esters is 2. The molecule has 10 heteroatoms. The number of carbonyl (C=O) groups excluding carboxylic acids is 2. The third kappa shape index (κ3) is 71.4. The third-order valence-electron chi connectivity index (χ3n) is 13.5. The molecule has 0 N–H and O–H groups in total. The van der Waals surface area contributed by atoms with Gasteiger partial charge < -0.3 is 27.9 Å². The van der Waals surface area contributed by atoms with Gasteiger partial charge in [0.2, 0.25) is 0 Å². The van der Waals surface area contributed by atoms with E-state index in [0.29, 0.717) is 23.9 Å². The van der Waals surface area contributed by atoms with Crippen molar-refractivity contribution in [1.29, 1.82) is 0 Å². The highest BCUT2D eigenvalue weighted by Crippen LogP contribution is 2.38. The van der Waals surface area contributed by atoms with E-state index in [1.165, 1.54) is 12.8 Å². The Morgan fingerprint density at radius 2 is 0.600 bits per heavy atom. The number of unbranched alkanes of at least 4 members (excludes halogenated alkanes) is 10. The Morgan fingerprint density at radius 1 is 0.344 bits per heavy atom. The lowest BCUT2D eigenvalue weighted by atomic mass is 10.1. The fourth-order valence-electron chi connectivity index (χ4n) is 8.29. The first-order valence-corrected chi connectivity index (χ1v) is 35.9. The lowest BCUT2D eigenvalue weighted by Crippen LogP contribution is -2.37. The van der Waals surface area contributed by atoms with Crippen LogP contribution in [0.3, 0.4) is 0 Å². The number of nitrogens with zero attached hydrogens (tertiary/aromatic N) is 1. The van der Waals surface area contributed by atoms with Gasteiger partial charge in [-0.25, -0.2) is 0 Å². The number of phosphoric acid groups is 1. The van der Waals surface area contributed by atoms with Crippen molar-refractivity contribution in [3.63, 3.8) is 0 Å². The van der Waals surface area contributed by atoms with E-state index in [2.05, 4.69) is 233 Å². The molecular formula is C80H124NO8P.